The Morgan fingerprint density at radius 3 is 3.00 bits per heavy atom. The lowest BCUT2D eigenvalue weighted by atomic mass is 10.2. The molecular weight excluding hydrogens is 322 g/mol. The van der Waals surface area contributed by atoms with Gasteiger partial charge in [-0.05, 0) is 23.9 Å². The molecule has 0 spiro atoms. The Morgan fingerprint density at radius 2 is 2.25 bits per heavy atom. The Balaban J connectivity index is 2.30. The van der Waals surface area contributed by atoms with E-state index in [9.17, 15) is 0 Å². The van der Waals surface area contributed by atoms with Gasteiger partial charge in [-0.2, -0.15) is 4.98 Å². The van der Waals surface area contributed by atoms with Crippen LogP contribution >= 0.6 is 15.9 Å². The Labute approximate surface area is 123 Å². The average molecular weight is 335 g/mol. The van der Waals surface area contributed by atoms with Crippen LogP contribution in [0.5, 0.6) is 0 Å². The smallest absolute Gasteiger partial charge is 0.355 e. The molecule has 0 atom stereocenters. The molecule has 2 N–H and O–H groups in total. The van der Waals surface area contributed by atoms with Crippen molar-refractivity contribution in [2.24, 2.45) is 0 Å². The normalized spacial score (nSPS) is 10.9. The van der Waals surface area contributed by atoms with Gasteiger partial charge in [0.05, 0.1) is 12.3 Å². The second-order valence-corrected chi connectivity index (χ2v) is 5.05. The van der Waals surface area contributed by atoms with Crippen molar-refractivity contribution >= 4 is 32.8 Å². The number of hydrogen-bond acceptors (Lipinski definition) is 4. The van der Waals surface area contributed by atoms with Crippen molar-refractivity contribution in [1.82, 2.24) is 14.8 Å². The van der Waals surface area contributed by atoms with E-state index in [4.69, 9.17) is 10.6 Å². The molecule has 0 amide bonds. The first kappa shape index (κ1) is 12.9. The van der Waals surface area contributed by atoms with Crippen LogP contribution in [0.2, 0.25) is 0 Å². The van der Waals surface area contributed by atoms with Crippen molar-refractivity contribution in [3.05, 3.63) is 41.1 Å². The van der Waals surface area contributed by atoms with Crippen molar-refractivity contribution in [1.29, 1.82) is 0 Å². The topological polar surface area (TPSA) is 69.8 Å². The summed E-state index contributed by atoms with van der Waals surface area (Å²) < 4.78 is 2.83. The van der Waals surface area contributed by atoms with E-state index in [0.29, 0.717) is 12.4 Å². The molecule has 0 radical (unpaired) electrons. The third-order valence-corrected chi connectivity index (χ3v) is 3.30. The minimum Gasteiger partial charge on any atom is -0.384 e. The van der Waals surface area contributed by atoms with Gasteiger partial charge in [-0.15, -0.1) is 0 Å². The maximum Gasteiger partial charge on any atom is 0.355 e. The Hall–Kier alpha value is -2.15. The Morgan fingerprint density at radius 1 is 1.40 bits per heavy atom. The second-order valence-electron chi connectivity index (χ2n) is 4.14. The summed E-state index contributed by atoms with van der Waals surface area (Å²) in [7, 11) is 0. The third-order valence-electron chi connectivity index (χ3n) is 2.81. The largest absolute Gasteiger partial charge is 0.384 e. The molecule has 0 aliphatic heterocycles. The van der Waals surface area contributed by atoms with Crippen molar-refractivity contribution in [2.75, 3.05) is 12.3 Å². The first-order valence-corrected chi connectivity index (χ1v) is 6.93. The number of hydrogen-bond donors (Lipinski definition) is 1. The summed E-state index contributed by atoms with van der Waals surface area (Å²) in [5.74, 6) is 0.876. The summed E-state index contributed by atoms with van der Waals surface area (Å²) in [5.41, 5.74) is 6.63. The molecular formula is C13H13BrN5O+. The highest BCUT2D eigenvalue weighted by Crippen LogP contribution is 2.18. The number of halogens is 1. The molecule has 0 saturated carbocycles. The zero-order valence-electron chi connectivity index (χ0n) is 10.8. The van der Waals surface area contributed by atoms with Crippen molar-refractivity contribution in [3.8, 4) is 5.82 Å². The number of fused-ring (bicyclic) bond motifs is 1. The molecule has 0 bridgehead atoms. The van der Waals surface area contributed by atoms with E-state index in [1.165, 1.54) is 0 Å². The lowest BCUT2D eigenvalue weighted by Gasteiger charge is -2.04. The highest BCUT2D eigenvalue weighted by Gasteiger charge is 2.20. The zero-order chi connectivity index (χ0) is 14.1. The van der Waals surface area contributed by atoms with Crippen LogP contribution in [0, 0.1) is 0 Å². The summed E-state index contributed by atoms with van der Waals surface area (Å²) in [4.78, 5) is 15.4. The monoisotopic (exact) mass is 334 g/mol. The van der Waals surface area contributed by atoms with E-state index in [0.717, 1.165) is 15.4 Å². The van der Waals surface area contributed by atoms with Crippen LogP contribution < -0.4 is 15.3 Å². The van der Waals surface area contributed by atoms with Gasteiger partial charge < -0.3 is 10.6 Å². The van der Waals surface area contributed by atoms with Crippen LogP contribution in [0.15, 0.2) is 41.1 Å². The molecule has 3 rings (SSSR count). The lowest BCUT2D eigenvalue weighted by Crippen LogP contribution is -2.45. The fourth-order valence-electron chi connectivity index (χ4n) is 2.03. The van der Waals surface area contributed by atoms with Crippen molar-refractivity contribution in [3.63, 3.8) is 0 Å². The van der Waals surface area contributed by atoms with Gasteiger partial charge in [-0.1, -0.05) is 20.6 Å². The SMILES string of the molecule is CCOn1cc2ccc(Br)cc2[n+]1-c1ccnc(N)n1. The van der Waals surface area contributed by atoms with Crippen LogP contribution in [-0.4, -0.2) is 21.4 Å². The highest BCUT2D eigenvalue weighted by molar-refractivity contribution is 9.10. The molecule has 2 aromatic heterocycles. The number of nitrogen functional groups attached to an aromatic ring is 1. The maximum atomic E-state index is 5.67. The van der Waals surface area contributed by atoms with Gasteiger partial charge in [-0.25, -0.2) is 0 Å². The summed E-state index contributed by atoms with van der Waals surface area (Å²) >= 11 is 3.48. The van der Waals surface area contributed by atoms with Gasteiger partial charge in [0.1, 0.15) is 6.61 Å². The first-order chi connectivity index (χ1) is 9.69. The van der Waals surface area contributed by atoms with E-state index in [-0.39, 0.29) is 5.95 Å². The van der Waals surface area contributed by atoms with E-state index in [1.54, 1.807) is 17.1 Å². The summed E-state index contributed by atoms with van der Waals surface area (Å²) in [5, 5.41) is 1.04. The van der Waals surface area contributed by atoms with Gasteiger partial charge in [0.15, 0.2) is 5.52 Å². The molecule has 0 fully saturated rings. The van der Waals surface area contributed by atoms with Crippen molar-refractivity contribution in [2.45, 2.75) is 6.92 Å². The predicted molar refractivity (Wildman–Crippen MR) is 78.3 cm³/mol. The quantitative estimate of drug-likeness (QED) is 0.737. The number of aromatic nitrogens is 4. The number of nitrogens with zero attached hydrogens (tertiary/aromatic N) is 4. The van der Waals surface area contributed by atoms with Crippen LogP contribution in [0.25, 0.3) is 16.7 Å². The Bertz CT molecular complexity index is 771. The third kappa shape index (κ3) is 2.20. The van der Waals surface area contributed by atoms with Gasteiger partial charge in [0.2, 0.25) is 0 Å². The molecule has 1 aromatic carbocycles. The standard InChI is InChI=1S/C13H13BrN5O/c1-2-20-18-8-9-3-4-10(14)7-11(9)19(18)12-5-6-16-13(15)17-12/h3-8H,2H2,1H3,(H2,15,16,17)/q+1. The number of anilines is 1. The summed E-state index contributed by atoms with van der Waals surface area (Å²) in [6.45, 7) is 2.47. The molecule has 0 unspecified atom stereocenters. The van der Waals surface area contributed by atoms with Crippen LogP contribution in [0.1, 0.15) is 6.92 Å². The number of benzene rings is 1. The molecule has 0 aliphatic carbocycles. The Kier molecular flexibility index (Phi) is 3.27. The molecule has 0 aliphatic rings. The molecule has 7 heteroatoms. The summed E-state index contributed by atoms with van der Waals surface area (Å²) in [6.07, 6.45) is 3.53. The first-order valence-electron chi connectivity index (χ1n) is 6.14. The lowest BCUT2D eigenvalue weighted by molar-refractivity contribution is -0.695. The molecule has 102 valence electrons. The van der Waals surface area contributed by atoms with Gasteiger partial charge in [0.25, 0.3) is 0 Å². The molecule has 6 nitrogen and oxygen atoms in total. The van der Waals surface area contributed by atoms with E-state index in [1.807, 2.05) is 36.0 Å². The van der Waals surface area contributed by atoms with Crippen LogP contribution in [0.4, 0.5) is 5.95 Å². The van der Waals surface area contributed by atoms with Gasteiger partial charge in [0, 0.05) is 27.1 Å². The average Bonchev–Trinajstić information content (AvgIpc) is 2.76. The number of nitrogens with two attached hydrogens (primary N) is 1. The fourth-order valence-corrected chi connectivity index (χ4v) is 2.37. The van der Waals surface area contributed by atoms with E-state index >= 15 is 0 Å². The second kappa shape index (κ2) is 5.09. The van der Waals surface area contributed by atoms with E-state index in [2.05, 4.69) is 25.9 Å². The number of rotatable bonds is 3. The predicted octanol–water partition coefficient (Wildman–Crippen LogP) is 1.50. The van der Waals surface area contributed by atoms with E-state index < -0.39 is 0 Å². The molecule has 3 aromatic rings. The molecule has 2 heterocycles. The van der Waals surface area contributed by atoms with Crippen molar-refractivity contribution < 1.29 is 9.52 Å². The zero-order valence-corrected chi connectivity index (χ0v) is 12.4. The minimum atomic E-state index is 0.224. The maximum absolute atomic E-state index is 5.67. The van der Waals surface area contributed by atoms with Crippen LogP contribution in [0.3, 0.4) is 0 Å². The molecule has 0 saturated heterocycles. The fraction of sp³-hybridized carbons (Fsp3) is 0.154. The minimum absolute atomic E-state index is 0.224. The van der Waals surface area contributed by atoms with Crippen LogP contribution in [-0.2, 0) is 0 Å². The highest BCUT2D eigenvalue weighted by atomic mass is 79.9. The molecule has 20 heavy (non-hydrogen) atoms. The van der Waals surface area contributed by atoms with Gasteiger partial charge >= 0.3 is 11.8 Å². The van der Waals surface area contributed by atoms with Gasteiger partial charge in [-0.3, -0.25) is 0 Å². The summed E-state index contributed by atoms with van der Waals surface area (Å²) in [6, 6.07) is 7.78.